The highest BCUT2D eigenvalue weighted by Gasteiger charge is 2.15. The van der Waals surface area contributed by atoms with Crippen molar-refractivity contribution in [3.8, 4) is 0 Å². The molecule has 0 atom stereocenters. The minimum absolute atomic E-state index is 0.0407. The molecule has 4 nitrogen and oxygen atoms in total. The van der Waals surface area contributed by atoms with Crippen molar-refractivity contribution < 1.29 is 0 Å². The van der Waals surface area contributed by atoms with Crippen LogP contribution in [0.5, 0.6) is 0 Å². The van der Waals surface area contributed by atoms with Crippen LogP contribution in [0.4, 0.5) is 0 Å². The highest BCUT2D eigenvalue weighted by molar-refractivity contribution is 6.29. The fourth-order valence-corrected chi connectivity index (χ4v) is 2.08. The number of aromatic nitrogens is 3. The fourth-order valence-electron chi connectivity index (χ4n) is 1.93. The van der Waals surface area contributed by atoms with Crippen molar-refractivity contribution in [1.29, 1.82) is 0 Å². The minimum Gasteiger partial charge on any atom is -0.267 e. The van der Waals surface area contributed by atoms with Gasteiger partial charge in [-0.2, -0.15) is 0 Å². The van der Waals surface area contributed by atoms with E-state index >= 15 is 0 Å². The summed E-state index contributed by atoms with van der Waals surface area (Å²) in [5.41, 5.74) is 0.567. The van der Waals surface area contributed by atoms with Crippen molar-refractivity contribution in [2.75, 3.05) is 0 Å². The normalized spacial score (nSPS) is 11.3. The quantitative estimate of drug-likeness (QED) is 0.621. The molecule has 5 heteroatoms. The first-order valence-corrected chi connectivity index (χ1v) is 5.82. The third-order valence-corrected chi connectivity index (χ3v) is 2.79. The lowest BCUT2D eigenvalue weighted by Gasteiger charge is -2.13. The topological polar surface area (TPSA) is 39.8 Å². The lowest BCUT2D eigenvalue weighted by atomic mass is 10.3. The van der Waals surface area contributed by atoms with Crippen LogP contribution in [-0.4, -0.2) is 14.3 Å². The molecule has 0 unspecified atom stereocenters. The van der Waals surface area contributed by atoms with Crippen LogP contribution in [0.3, 0.4) is 0 Å². The van der Waals surface area contributed by atoms with Crippen LogP contribution in [0.2, 0.25) is 5.15 Å². The van der Waals surface area contributed by atoms with Crippen LogP contribution in [0.15, 0.2) is 29.6 Å². The summed E-state index contributed by atoms with van der Waals surface area (Å²) in [6, 6.07) is 3.41. The monoisotopic (exact) mass is 251 g/mol. The molecule has 90 valence electrons. The van der Waals surface area contributed by atoms with Gasteiger partial charge in [0.05, 0.1) is 11.9 Å². The number of rotatable bonds is 3. The number of allylic oxidation sites excluding steroid dienone is 1. The third kappa shape index (κ3) is 1.89. The standard InChI is InChI=1S/C12H14ClN3O/c1-4-7-15-11-9(5-6-10(13)14-11)12(17)16(15)8(2)3/h4-6,8H,1,7H2,2-3H3. The van der Waals surface area contributed by atoms with Gasteiger partial charge in [-0.15, -0.1) is 6.58 Å². The van der Waals surface area contributed by atoms with Crippen molar-refractivity contribution in [3.05, 3.63) is 40.3 Å². The Bertz CT molecular complexity index is 624. The van der Waals surface area contributed by atoms with Crippen molar-refractivity contribution in [1.82, 2.24) is 14.3 Å². The molecule has 0 amide bonds. The molecule has 0 aliphatic heterocycles. The maximum atomic E-state index is 12.2. The average molecular weight is 252 g/mol. The van der Waals surface area contributed by atoms with Gasteiger partial charge in [0.25, 0.3) is 5.56 Å². The Morgan fingerprint density at radius 2 is 2.24 bits per heavy atom. The Balaban J connectivity index is 2.88. The van der Waals surface area contributed by atoms with Crippen LogP contribution in [0.1, 0.15) is 19.9 Å². The van der Waals surface area contributed by atoms with E-state index in [1.54, 1.807) is 27.6 Å². The largest absolute Gasteiger partial charge is 0.276 e. The molecule has 2 heterocycles. The summed E-state index contributed by atoms with van der Waals surface area (Å²) in [6.07, 6.45) is 1.74. The van der Waals surface area contributed by atoms with Crippen molar-refractivity contribution in [3.63, 3.8) is 0 Å². The molecule has 0 radical (unpaired) electrons. The van der Waals surface area contributed by atoms with E-state index in [1.165, 1.54) is 0 Å². The zero-order chi connectivity index (χ0) is 12.6. The van der Waals surface area contributed by atoms with Gasteiger partial charge in [0.2, 0.25) is 0 Å². The number of fused-ring (bicyclic) bond motifs is 1. The van der Waals surface area contributed by atoms with Gasteiger partial charge in [-0.3, -0.25) is 9.48 Å². The minimum atomic E-state index is -0.0407. The summed E-state index contributed by atoms with van der Waals surface area (Å²) in [5.74, 6) is 0. The first-order valence-electron chi connectivity index (χ1n) is 5.44. The molecule has 0 aliphatic carbocycles. The van der Waals surface area contributed by atoms with Crippen molar-refractivity contribution in [2.24, 2.45) is 0 Å². The fraction of sp³-hybridized carbons (Fsp3) is 0.333. The van der Waals surface area contributed by atoms with E-state index in [1.807, 2.05) is 13.8 Å². The lowest BCUT2D eigenvalue weighted by Crippen LogP contribution is -2.24. The first-order chi connectivity index (χ1) is 8.06. The smallest absolute Gasteiger partial charge is 0.267 e. The summed E-state index contributed by atoms with van der Waals surface area (Å²) in [6.45, 7) is 8.15. The summed E-state index contributed by atoms with van der Waals surface area (Å²) >= 11 is 5.87. The number of nitrogens with zero attached hydrogens (tertiary/aromatic N) is 3. The Kier molecular flexibility index (Phi) is 3.07. The molecule has 0 bridgehead atoms. The second kappa shape index (κ2) is 4.37. The van der Waals surface area contributed by atoms with Crippen LogP contribution < -0.4 is 5.56 Å². The number of hydrogen-bond donors (Lipinski definition) is 0. The molecule has 0 N–H and O–H groups in total. The molecule has 2 aromatic rings. The van der Waals surface area contributed by atoms with Crippen LogP contribution in [-0.2, 0) is 6.54 Å². The zero-order valence-corrected chi connectivity index (χ0v) is 10.6. The molecule has 2 rings (SSSR count). The second-order valence-corrected chi connectivity index (χ2v) is 4.51. The van der Waals surface area contributed by atoms with Gasteiger partial charge >= 0.3 is 0 Å². The Morgan fingerprint density at radius 3 is 2.82 bits per heavy atom. The zero-order valence-electron chi connectivity index (χ0n) is 9.85. The predicted molar refractivity (Wildman–Crippen MR) is 69.6 cm³/mol. The van der Waals surface area contributed by atoms with Gasteiger partial charge in [-0.1, -0.05) is 17.7 Å². The first kappa shape index (κ1) is 11.9. The average Bonchev–Trinajstić information content (AvgIpc) is 2.52. The summed E-state index contributed by atoms with van der Waals surface area (Å²) in [7, 11) is 0. The third-order valence-electron chi connectivity index (χ3n) is 2.58. The van der Waals surface area contributed by atoms with E-state index in [0.29, 0.717) is 22.7 Å². The van der Waals surface area contributed by atoms with E-state index in [0.717, 1.165) is 0 Å². The predicted octanol–water partition coefficient (Wildman–Crippen LogP) is 2.62. The van der Waals surface area contributed by atoms with Gasteiger partial charge in [-0.05, 0) is 26.0 Å². The van der Waals surface area contributed by atoms with Crippen molar-refractivity contribution >= 4 is 22.6 Å². The molecule has 0 saturated heterocycles. The van der Waals surface area contributed by atoms with E-state index in [9.17, 15) is 4.79 Å². The lowest BCUT2D eigenvalue weighted by molar-refractivity contribution is 0.429. The second-order valence-electron chi connectivity index (χ2n) is 4.12. The Labute approximate surface area is 104 Å². The Hall–Kier alpha value is -1.55. The van der Waals surface area contributed by atoms with Crippen LogP contribution in [0, 0.1) is 0 Å². The van der Waals surface area contributed by atoms with E-state index in [-0.39, 0.29) is 11.6 Å². The molecule has 0 spiro atoms. The highest BCUT2D eigenvalue weighted by atomic mass is 35.5. The summed E-state index contributed by atoms with van der Waals surface area (Å²) in [5, 5.41) is 0.973. The van der Waals surface area contributed by atoms with Gasteiger partial charge in [0.1, 0.15) is 5.15 Å². The van der Waals surface area contributed by atoms with E-state index < -0.39 is 0 Å². The SMILES string of the molecule is C=CCn1c2nc(Cl)ccc2c(=O)n1C(C)C. The molecule has 2 aromatic heterocycles. The maximum Gasteiger partial charge on any atom is 0.276 e. The van der Waals surface area contributed by atoms with E-state index in [2.05, 4.69) is 11.6 Å². The highest BCUT2D eigenvalue weighted by Crippen LogP contribution is 2.15. The van der Waals surface area contributed by atoms with Crippen molar-refractivity contribution in [2.45, 2.75) is 26.4 Å². The summed E-state index contributed by atoms with van der Waals surface area (Å²) in [4.78, 5) is 16.4. The molecule has 0 aromatic carbocycles. The van der Waals surface area contributed by atoms with Gasteiger partial charge in [0.15, 0.2) is 5.65 Å². The molecule has 0 saturated carbocycles. The molecular weight excluding hydrogens is 238 g/mol. The van der Waals surface area contributed by atoms with Gasteiger partial charge < -0.3 is 0 Å². The van der Waals surface area contributed by atoms with Gasteiger partial charge in [-0.25, -0.2) is 9.67 Å². The van der Waals surface area contributed by atoms with Crippen LogP contribution >= 0.6 is 11.6 Å². The Morgan fingerprint density at radius 1 is 1.53 bits per heavy atom. The number of pyridine rings is 1. The molecule has 17 heavy (non-hydrogen) atoms. The van der Waals surface area contributed by atoms with Crippen LogP contribution in [0.25, 0.3) is 11.0 Å². The molecule has 0 aliphatic rings. The molecule has 0 fully saturated rings. The maximum absolute atomic E-state index is 12.2. The number of halogens is 1. The van der Waals surface area contributed by atoms with Gasteiger partial charge in [0, 0.05) is 6.04 Å². The summed E-state index contributed by atoms with van der Waals surface area (Å²) < 4.78 is 3.48. The number of hydrogen-bond acceptors (Lipinski definition) is 2. The molecular formula is C12H14ClN3O. The van der Waals surface area contributed by atoms with E-state index in [4.69, 9.17) is 11.6 Å².